The average molecular weight is 290 g/mol. The van der Waals surface area contributed by atoms with E-state index in [9.17, 15) is 14.0 Å². The van der Waals surface area contributed by atoms with E-state index in [0.717, 1.165) is 0 Å². The molecule has 0 heterocycles. The van der Waals surface area contributed by atoms with E-state index >= 15 is 0 Å². The third-order valence-electron chi connectivity index (χ3n) is 2.25. The molecular weight excluding hydrogens is 273 g/mol. The Bertz CT molecular complexity index is 454. The first-order valence-electron chi connectivity index (χ1n) is 5.46. The molecule has 7 heteroatoms. The predicted molar refractivity (Wildman–Crippen MR) is 73.6 cm³/mol. The van der Waals surface area contributed by atoms with Crippen LogP contribution in [-0.4, -0.2) is 36.3 Å². The molecule has 0 saturated heterocycles. The summed E-state index contributed by atoms with van der Waals surface area (Å²) in [6.45, 7) is 1.42. The van der Waals surface area contributed by atoms with Gasteiger partial charge in [-0.2, -0.15) is 0 Å². The molecular formula is C12H17ClFN3O2. The maximum Gasteiger partial charge on any atom is 0.243 e. The zero-order valence-corrected chi connectivity index (χ0v) is 11.5. The second kappa shape index (κ2) is 7.70. The van der Waals surface area contributed by atoms with Crippen molar-refractivity contribution in [3.8, 4) is 0 Å². The van der Waals surface area contributed by atoms with Crippen molar-refractivity contribution in [2.45, 2.75) is 13.0 Å². The van der Waals surface area contributed by atoms with E-state index in [4.69, 9.17) is 5.73 Å². The van der Waals surface area contributed by atoms with Gasteiger partial charge in [0.2, 0.25) is 11.8 Å². The molecule has 0 spiro atoms. The average Bonchev–Trinajstić information content (AvgIpc) is 2.27. The normalized spacial score (nSPS) is 11.2. The van der Waals surface area contributed by atoms with E-state index in [1.807, 2.05) is 0 Å². The smallest absolute Gasteiger partial charge is 0.243 e. The van der Waals surface area contributed by atoms with Crippen LogP contribution < -0.4 is 11.1 Å². The minimum absolute atomic E-state index is 0. The summed E-state index contributed by atoms with van der Waals surface area (Å²) in [4.78, 5) is 24.3. The summed E-state index contributed by atoms with van der Waals surface area (Å²) in [6.07, 6.45) is 0. The zero-order chi connectivity index (χ0) is 13.7. The van der Waals surface area contributed by atoms with E-state index < -0.39 is 17.8 Å². The van der Waals surface area contributed by atoms with Gasteiger partial charge in [0.1, 0.15) is 5.82 Å². The molecule has 2 amide bonds. The van der Waals surface area contributed by atoms with Crippen LogP contribution >= 0.6 is 12.4 Å². The standard InChI is InChI=1S/C12H16FN3O2.ClH/c1-8(14)12(18)16(2)7-11(17)15-10-5-3-4-9(13)6-10;/h3-6,8H,7,14H2,1-2H3,(H,15,17);1H/t8-;/m1./s1. The van der Waals surface area contributed by atoms with E-state index in [-0.39, 0.29) is 24.9 Å². The van der Waals surface area contributed by atoms with E-state index in [0.29, 0.717) is 5.69 Å². The van der Waals surface area contributed by atoms with Crippen molar-refractivity contribution >= 4 is 29.9 Å². The number of hydrogen-bond acceptors (Lipinski definition) is 3. The number of nitrogens with two attached hydrogens (primary N) is 1. The van der Waals surface area contributed by atoms with Crippen LogP contribution in [0, 0.1) is 5.82 Å². The molecule has 0 fully saturated rings. The fourth-order valence-corrected chi connectivity index (χ4v) is 1.41. The highest BCUT2D eigenvalue weighted by Crippen LogP contribution is 2.08. The second-order valence-corrected chi connectivity index (χ2v) is 4.04. The minimum Gasteiger partial charge on any atom is -0.335 e. The molecule has 0 aromatic heterocycles. The van der Waals surface area contributed by atoms with Gasteiger partial charge in [0.25, 0.3) is 0 Å². The van der Waals surface area contributed by atoms with Gasteiger partial charge in [0.05, 0.1) is 12.6 Å². The molecule has 3 N–H and O–H groups in total. The van der Waals surface area contributed by atoms with Crippen molar-refractivity contribution in [1.82, 2.24) is 4.90 Å². The molecule has 0 aliphatic carbocycles. The maximum atomic E-state index is 12.9. The van der Waals surface area contributed by atoms with Crippen LogP contribution in [0.3, 0.4) is 0 Å². The van der Waals surface area contributed by atoms with E-state index in [1.54, 1.807) is 13.0 Å². The quantitative estimate of drug-likeness (QED) is 0.868. The van der Waals surface area contributed by atoms with Crippen LogP contribution in [0.5, 0.6) is 0 Å². The number of carbonyl (C=O) groups is 2. The topological polar surface area (TPSA) is 75.4 Å². The highest BCUT2D eigenvalue weighted by atomic mass is 35.5. The Hall–Kier alpha value is -1.66. The lowest BCUT2D eigenvalue weighted by Gasteiger charge is -2.18. The number of rotatable bonds is 4. The van der Waals surface area contributed by atoms with Crippen LogP contribution in [0.25, 0.3) is 0 Å². The number of likely N-dealkylation sites (N-methyl/N-ethyl adjacent to an activating group) is 1. The summed E-state index contributed by atoms with van der Waals surface area (Å²) in [7, 11) is 1.48. The van der Waals surface area contributed by atoms with Gasteiger partial charge in [-0.05, 0) is 25.1 Å². The summed E-state index contributed by atoms with van der Waals surface area (Å²) in [6, 6.07) is 4.87. The fourth-order valence-electron chi connectivity index (χ4n) is 1.41. The largest absolute Gasteiger partial charge is 0.335 e. The maximum absolute atomic E-state index is 12.9. The number of benzene rings is 1. The monoisotopic (exact) mass is 289 g/mol. The molecule has 0 unspecified atom stereocenters. The Labute approximate surface area is 117 Å². The Morgan fingerprint density at radius 3 is 2.63 bits per heavy atom. The highest BCUT2D eigenvalue weighted by Gasteiger charge is 2.16. The van der Waals surface area contributed by atoms with Crippen molar-refractivity contribution in [2.75, 3.05) is 18.9 Å². The molecule has 19 heavy (non-hydrogen) atoms. The van der Waals surface area contributed by atoms with Gasteiger partial charge < -0.3 is 16.0 Å². The zero-order valence-electron chi connectivity index (χ0n) is 10.7. The van der Waals surface area contributed by atoms with Gasteiger partial charge >= 0.3 is 0 Å². The van der Waals surface area contributed by atoms with Gasteiger partial charge in [0, 0.05) is 12.7 Å². The molecule has 0 radical (unpaired) electrons. The molecule has 0 aliphatic heterocycles. The van der Waals surface area contributed by atoms with Crippen LogP contribution in [0.15, 0.2) is 24.3 Å². The molecule has 1 aromatic carbocycles. The molecule has 0 saturated carbocycles. The number of anilines is 1. The summed E-state index contributed by atoms with van der Waals surface area (Å²) < 4.78 is 12.9. The molecule has 0 aliphatic rings. The summed E-state index contributed by atoms with van der Waals surface area (Å²) in [5.74, 6) is -1.17. The van der Waals surface area contributed by atoms with E-state index in [2.05, 4.69) is 5.32 Å². The minimum atomic E-state index is -0.656. The van der Waals surface area contributed by atoms with Crippen molar-refractivity contribution in [2.24, 2.45) is 5.73 Å². The first-order valence-corrected chi connectivity index (χ1v) is 5.46. The first-order chi connectivity index (χ1) is 8.40. The molecule has 5 nitrogen and oxygen atoms in total. The molecule has 1 rings (SSSR count). The fraction of sp³-hybridized carbons (Fsp3) is 0.333. The molecule has 1 aromatic rings. The lowest BCUT2D eigenvalue weighted by atomic mass is 10.3. The number of carbonyl (C=O) groups excluding carboxylic acids is 2. The number of hydrogen-bond donors (Lipinski definition) is 2. The van der Waals surface area contributed by atoms with Crippen molar-refractivity contribution in [3.05, 3.63) is 30.1 Å². The number of amides is 2. The lowest BCUT2D eigenvalue weighted by Crippen LogP contribution is -2.43. The number of nitrogens with one attached hydrogen (secondary N) is 1. The Morgan fingerprint density at radius 1 is 1.47 bits per heavy atom. The summed E-state index contributed by atoms with van der Waals surface area (Å²) in [5.41, 5.74) is 5.76. The van der Waals surface area contributed by atoms with Crippen molar-refractivity contribution < 1.29 is 14.0 Å². The van der Waals surface area contributed by atoms with Gasteiger partial charge in [-0.1, -0.05) is 6.07 Å². The highest BCUT2D eigenvalue weighted by molar-refractivity contribution is 5.95. The summed E-state index contributed by atoms with van der Waals surface area (Å²) >= 11 is 0. The Kier molecular flexibility index (Phi) is 7.03. The number of nitrogens with zero attached hydrogens (tertiary/aromatic N) is 1. The predicted octanol–water partition coefficient (Wildman–Crippen LogP) is 0.992. The SMILES string of the molecule is C[C@@H](N)C(=O)N(C)CC(=O)Nc1cccc(F)c1.Cl. The Balaban J connectivity index is 0.00000324. The van der Waals surface area contributed by atoms with Crippen LogP contribution in [0.2, 0.25) is 0 Å². The molecule has 0 bridgehead atoms. The number of halogens is 2. The van der Waals surface area contributed by atoms with Crippen LogP contribution in [-0.2, 0) is 9.59 Å². The van der Waals surface area contributed by atoms with Gasteiger partial charge in [-0.3, -0.25) is 9.59 Å². The third kappa shape index (κ3) is 5.67. The van der Waals surface area contributed by atoms with Crippen molar-refractivity contribution in [3.63, 3.8) is 0 Å². The Morgan fingerprint density at radius 2 is 2.11 bits per heavy atom. The van der Waals surface area contributed by atoms with Crippen LogP contribution in [0.1, 0.15) is 6.92 Å². The first kappa shape index (κ1) is 17.3. The lowest BCUT2D eigenvalue weighted by molar-refractivity contribution is -0.134. The van der Waals surface area contributed by atoms with Gasteiger partial charge in [-0.15, -0.1) is 12.4 Å². The van der Waals surface area contributed by atoms with Gasteiger partial charge in [0.15, 0.2) is 0 Å². The molecule has 1 atom stereocenters. The van der Waals surface area contributed by atoms with Crippen molar-refractivity contribution in [1.29, 1.82) is 0 Å². The van der Waals surface area contributed by atoms with Gasteiger partial charge in [-0.25, -0.2) is 4.39 Å². The third-order valence-corrected chi connectivity index (χ3v) is 2.25. The summed E-state index contributed by atoms with van der Waals surface area (Å²) in [5, 5.41) is 2.49. The van der Waals surface area contributed by atoms with E-state index in [1.165, 1.54) is 30.1 Å². The second-order valence-electron chi connectivity index (χ2n) is 4.04. The molecule has 106 valence electrons. The van der Waals surface area contributed by atoms with Crippen LogP contribution in [0.4, 0.5) is 10.1 Å².